The van der Waals surface area contributed by atoms with Gasteiger partial charge in [-0.15, -0.1) is 5.10 Å². The second-order valence-electron chi connectivity index (χ2n) is 3.15. The standard InChI is InChI=1S/C10H13N5O/c1-6(14-15-10(12)13)7-2-4-8(5-3-7)9(11)16/h2-5H,1H3,(H2,11,16)(H4,12,13,15)/b14-6+. The van der Waals surface area contributed by atoms with Crippen LogP contribution in [0.2, 0.25) is 0 Å². The highest BCUT2D eigenvalue weighted by atomic mass is 16.1. The predicted octanol–water partition coefficient (Wildman–Crippen LogP) is -0.217. The zero-order chi connectivity index (χ0) is 12.1. The Balaban J connectivity index is 2.94. The first-order valence-corrected chi connectivity index (χ1v) is 4.54. The van der Waals surface area contributed by atoms with Gasteiger partial charge in [0.15, 0.2) is 0 Å². The lowest BCUT2D eigenvalue weighted by Gasteiger charge is -2.00. The van der Waals surface area contributed by atoms with Crippen LogP contribution in [0.25, 0.3) is 0 Å². The molecule has 1 aromatic rings. The fourth-order valence-corrected chi connectivity index (χ4v) is 1.07. The molecule has 0 aliphatic carbocycles. The SMILES string of the molecule is C/C(=N\N=C(N)N)c1ccc(C(N)=O)cc1. The molecule has 1 rings (SSSR count). The van der Waals surface area contributed by atoms with Crippen molar-refractivity contribution in [2.45, 2.75) is 6.92 Å². The van der Waals surface area contributed by atoms with Gasteiger partial charge in [0, 0.05) is 5.56 Å². The molecule has 0 unspecified atom stereocenters. The topological polar surface area (TPSA) is 120 Å². The first-order chi connectivity index (χ1) is 7.50. The van der Waals surface area contributed by atoms with Crippen molar-refractivity contribution in [2.75, 3.05) is 0 Å². The van der Waals surface area contributed by atoms with E-state index in [9.17, 15) is 4.79 Å². The average molecular weight is 219 g/mol. The molecule has 0 atom stereocenters. The summed E-state index contributed by atoms with van der Waals surface area (Å²) in [6.07, 6.45) is 0. The maximum atomic E-state index is 10.8. The van der Waals surface area contributed by atoms with Crippen molar-refractivity contribution in [1.82, 2.24) is 0 Å². The molecular formula is C10H13N5O. The molecule has 0 saturated carbocycles. The van der Waals surface area contributed by atoms with E-state index in [1.165, 1.54) is 0 Å². The molecule has 1 amide bonds. The van der Waals surface area contributed by atoms with Gasteiger partial charge in [0.05, 0.1) is 5.71 Å². The number of hydrogen-bond acceptors (Lipinski definition) is 3. The number of nitrogens with two attached hydrogens (primary N) is 3. The molecule has 0 aliphatic rings. The number of guanidine groups is 1. The van der Waals surface area contributed by atoms with Crippen molar-refractivity contribution >= 4 is 17.6 Å². The summed E-state index contributed by atoms with van der Waals surface area (Å²) in [7, 11) is 0. The van der Waals surface area contributed by atoms with Gasteiger partial charge in [-0.3, -0.25) is 4.79 Å². The second-order valence-corrected chi connectivity index (χ2v) is 3.15. The van der Waals surface area contributed by atoms with Crippen LogP contribution in [0, 0.1) is 0 Å². The van der Waals surface area contributed by atoms with E-state index in [0.717, 1.165) is 5.56 Å². The largest absolute Gasteiger partial charge is 0.369 e. The van der Waals surface area contributed by atoms with Crippen LogP contribution in [0.3, 0.4) is 0 Å². The predicted molar refractivity (Wildman–Crippen MR) is 63.0 cm³/mol. The van der Waals surface area contributed by atoms with E-state index in [4.69, 9.17) is 17.2 Å². The summed E-state index contributed by atoms with van der Waals surface area (Å²) in [5.74, 6) is -0.571. The van der Waals surface area contributed by atoms with Crippen LogP contribution < -0.4 is 17.2 Å². The van der Waals surface area contributed by atoms with Gasteiger partial charge in [0.25, 0.3) is 0 Å². The molecule has 0 fully saturated rings. The lowest BCUT2D eigenvalue weighted by molar-refractivity contribution is 0.100. The van der Waals surface area contributed by atoms with Crippen LogP contribution in [0.1, 0.15) is 22.8 Å². The highest BCUT2D eigenvalue weighted by Crippen LogP contribution is 2.05. The van der Waals surface area contributed by atoms with Gasteiger partial charge in [-0.2, -0.15) is 5.10 Å². The molecule has 1 aromatic carbocycles. The molecule has 0 heterocycles. The minimum atomic E-state index is -0.467. The zero-order valence-electron chi connectivity index (χ0n) is 8.84. The molecule has 6 N–H and O–H groups in total. The van der Waals surface area contributed by atoms with Gasteiger partial charge >= 0.3 is 0 Å². The number of primary amides is 1. The minimum absolute atomic E-state index is 0.104. The molecular weight excluding hydrogens is 206 g/mol. The fraction of sp³-hybridized carbons (Fsp3) is 0.100. The van der Waals surface area contributed by atoms with Gasteiger partial charge < -0.3 is 17.2 Å². The number of hydrogen-bond donors (Lipinski definition) is 3. The van der Waals surface area contributed by atoms with Crippen molar-refractivity contribution < 1.29 is 4.79 Å². The number of carbonyl (C=O) groups excluding carboxylic acids is 1. The Morgan fingerprint density at radius 1 is 1.00 bits per heavy atom. The number of amides is 1. The first-order valence-electron chi connectivity index (χ1n) is 4.54. The Bertz CT molecular complexity index is 443. The molecule has 16 heavy (non-hydrogen) atoms. The number of nitrogens with zero attached hydrogens (tertiary/aromatic N) is 2. The lowest BCUT2D eigenvalue weighted by Crippen LogP contribution is -2.22. The Hall–Kier alpha value is -2.37. The molecule has 0 bridgehead atoms. The van der Waals surface area contributed by atoms with Gasteiger partial charge in [-0.1, -0.05) is 12.1 Å². The molecule has 0 aliphatic heterocycles. The first kappa shape index (κ1) is 11.7. The summed E-state index contributed by atoms with van der Waals surface area (Å²) in [4.78, 5) is 10.8. The number of benzene rings is 1. The molecule has 0 radical (unpaired) electrons. The third-order valence-corrected chi connectivity index (χ3v) is 1.90. The van der Waals surface area contributed by atoms with Crippen LogP contribution in [0.4, 0.5) is 0 Å². The van der Waals surface area contributed by atoms with Crippen molar-refractivity contribution in [1.29, 1.82) is 0 Å². The van der Waals surface area contributed by atoms with Gasteiger partial charge in [-0.25, -0.2) is 0 Å². The maximum Gasteiger partial charge on any atom is 0.248 e. The molecule has 0 saturated heterocycles. The summed E-state index contributed by atoms with van der Waals surface area (Å²) in [6.45, 7) is 1.76. The summed E-state index contributed by atoms with van der Waals surface area (Å²) >= 11 is 0. The Kier molecular flexibility index (Phi) is 3.60. The van der Waals surface area contributed by atoms with E-state index in [2.05, 4.69) is 10.2 Å². The fourth-order valence-electron chi connectivity index (χ4n) is 1.07. The van der Waals surface area contributed by atoms with E-state index >= 15 is 0 Å². The van der Waals surface area contributed by atoms with Crippen molar-refractivity contribution in [2.24, 2.45) is 27.4 Å². The maximum absolute atomic E-state index is 10.8. The van der Waals surface area contributed by atoms with Crippen LogP contribution in [-0.4, -0.2) is 17.6 Å². The number of rotatable bonds is 3. The van der Waals surface area contributed by atoms with E-state index < -0.39 is 5.91 Å². The second kappa shape index (κ2) is 4.92. The van der Waals surface area contributed by atoms with Gasteiger partial charge in [0.1, 0.15) is 0 Å². The van der Waals surface area contributed by atoms with E-state index in [1.54, 1.807) is 31.2 Å². The lowest BCUT2D eigenvalue weighted by atomic mass is 10.1. The zero-order valence-corrected chi connectivity index (χ0v) is 8.84. The third kappa shape index (κ3) is 3.09. The normalized spacial score (nSPS) is 10.9. The van der Waals surface area contributed by atoms with Crippen LogP contribution in [0.15, 0.2) is 34.5 Å². The molecule has 0 spiro atoms. The monoisotopic (exact) mass is 219 g/mol. The number of carbonyl (C=O) groups is 1. The van der Waals surface area contributed by atoms with E-state index in [1.807, 2.05) is 0 Å². The van der Waals surface area contributed by atoms with E-state index in [0.29, 0.717) is 11.3 Å². The average Bonchev–Trinajstić information content (AvgIpc) is 2.26. The summed E-state index contributed by atoms with van der Waals surface area (Å²) < 4.78 is 0. The summed E-state index contributed by atoms with van der Waals surface area (Å²) in [6, 6.07) is 6.68. The highest BCUT2D eigenvalue weighted by molar-refractivity contribution is 6.00. The van der Waals surface area contributed by atoms with E-state index in [-0.39, 0.29) is 5.96 Å². The smallest absolute Gasteiger partial charge is 0.248 e. The molecule has 0 aromatic heterocycles. The van der Waals surface area contributed by atoms with Crippen LogP contribution in [-0.2, 0) is 0 Å². The Labute approximate surface area is 92.8 Å². The summed E-state index contributed by atoms with van der Waals surface area (Å²) in [5, 5.41) is 7.33. The highest BCUT2D eigenvalue weighted by Gasteiger charge is 2.01. The van der Waals surface area contributed by atoms with Crippen molar-refractivity contribution in [3.05, 3.63) is 35.4 Å². The van der Waals surface area contributed by atoms with Crippen LogP contribution in [0.5, 0.6) is 0 Å². The molecule has 84 valence electrons. The van der Waals surface area contributed by atoms with Crippen molar-refractivity contribution in [3.63, 3.8) is 0 Å². The third-order valence-electron chi connectivity index (χ3n) is 1.90. The molecule has 6 nitrogen and oxygen atoms in total. The van der Waals surface area contributed by atoms with Gasteiger partial charge in [-0.05, 0) is 24.6 Å². The summed E-state index contributed by atoms with van der Waals surface area (Å²) in [5.41, 5.74) is 17.3. The van der Waals surface area contributed by atoms with Gasteiger partial charge in [0.2, 0.25) is 11.9 Å². The molecule has 6 heteroatoms. The minimum Gasteiger partial charge on any atom is -0.369 e. The Morgan fingerprint density at radius 3 is 1.94 bits per heavy atom. The Morgan fingerprint density at radius 2 is 1.50 bits per heavy atom. The quantitative estimate of drug-likeness (QED) is 0.370. The van der Waals surface area contributed by atoms with Crippen LogP contribution >= 0.6 is 0 Å². The van der Waals surface area contributed by atoms with Crippen molar-refractivity contribution in [3.8, 4) is 0 Å².